The van der Waals surface area contributed by atoms with Gasteiger partial charge in [-0.15, -0.1) is 0 Å². The summed E-state index contributed by atoms with van der Waals surface area (Å²) in [6.07, 6.45) is 1.20. The highest BCUT2D eigenvalue weighted by atomic mass is 19.1. The fourth-order valence-electron chi connectivity index (χ4n) is 1.72. The van der Waals surface area contributed by atoms with Gasteiger partial charge in [-0.1, -0.05) is 12.1 Å². The number of carbonyl (C=O) groups is 1. The molecule has 0 bridgehead atoms. The Kier molecular flexibility index (Phi) is 3.75. The third-order valence-corrected chi connectivity index (χ3v) is 2.65. The summed E-state index contributed by atoms with van der Waals surface area (Å²) in [6, 6.07) is 9.22. The van der Waals surface area contributed by atoms with Crippen molar-refractivity contribution in [1.82, 2.24) is 9.88 Å². The fourth-order valence-corrected chi connectivity index (χ4v) is 1.72. The van der Waals surface area contributed by atoms with E-state index < -0.39 is 5.95 Å². The number of benzene rings is 1. The summed E-state index contributed by atoms with van der Waals surface area (Å²) in [5.41, 5.74) is 1.13. The van der Waals surface area contributed by atoms with Gasteiger partial charge in [0.15, 0.2) is 0 Å². The molecule has 0 spiro atoms. The van der Waals surface area contributed by atoms with Crippen molar-refractivity contribution < 1.29 is 14.3 Å². The molecular weight excluding hydrogens is 247 g/mol. The number of amides is 1. The number of hydrogen-bond donors (Lipinski definition) is 1. The Morgan fingerprint density at radius 2 is 2.16 bits per heavy atom. The van der Waals surface area contributed by atoms with Crippen LogP contribution in [0.1, 0.15) is 15.9 Å². The van der Waals surface area contributed by atoms with E-state index in [1.165, 1.54) is 17.2 Å². The van der Waals surface area contributed by atoms with Gasteiger partial charge in [0.05, 0.1) is 5.56 Å². The normalized spacial score (nSPS) is 10.2. The molecule has 2 aromatic rings. The van der Waals surface area contributed by atoms with Gasteiger partial charge < -0.3 is 10.0 Å². The van der Waals surface area contributed by atoms with Gasteiger partial charge in [-0.25, -0.2) is 4.98 Å². The van der Waals surface area contributed by atoms with Gasteiger partial charge in [0, 0.05) is 19.8 Å². The van der Waals surface area contributed by atoms with E-state index in [-0.39, 0.29) is 11.7 Å². The number of rotatable bonds is 3. The Hall–Kier alpha value is -2.43. The number of aromatic hydroxyl groups is 1. The number of aromatic nitrogens is 1. The smallest absolute Gasteiger partial charge is 0.255 e. The summed E-state index contributed by atoms with van der Waals surface area (Å²) in [5.74, 6) is -0.718. The molecule has 1 amide bonds. The van der Waals surface area contributed by atoms with Crippen LogP contribution in [-0.4, -0.2) is 27.9 Å². The number of halogens is 1. The number of pyridine rings is 1. The fraction of sp³-hybridized carbons (Fsp3) is 0.143. The minimum absolute atomic E-state index is 0.154. The number of hydrogen-bond acceptors (Lipinski definition) is 3. The van der Waals surface area contributed by atoms with Crippen LogP contribution in [-0.2, 0) is 6.54 Å². The monoisotopic (exact) mass is 260 g/mol. The summed E-state index contributed by atoms with van der Waals surface area (Å²) >= 11 is 0. The highest BCUT2D eigenvalue weighted by Crippen LogP contribution is 2.13. The predicted octanol–water partition coefficient (Wildman–Crippen LogP) is 2.20. The lowest BCUT2D eigenvalue weighted by Gasteiger charge is -2.17. The second-order valence-corrected chi connectivity index (χ2v) is 4.20. The quantitative estimate of drug-likeness (QED) is 0.861. The maximum Gasteiger partial charge on any atom is 0.255 e. The molecule has 5 heteroatoms. The summed E-state index contributed by atoms with van der Waals surface area (Å²) in [6.45, 7) is 0.352. The van der Waals surface area contributed by atoms with Gasteiger partial charge in [-0.05, 0) is 29.8 Å². The van der Waals surface area contributed by atoms with Crippen molar-refractivity contribution in [1.29, 1.82) is 0 Å². The molecule has 0 radical (unpaired) electrons. The molecule has 4 nitrogen and oxygen atoms in total. The van der Waals surface area contributed by atoms with Gasteiger partial charge in [-0.3, -0.25) is 4.79 Å². The van der Waals surface area contributed by atoms with Crippen LogP contribution in [0.3, 0.4) is 0 Å². The molecule has 1 aromatic heterocycles. The maximum atomic E-state index is 12.7. The molecule has 0 aliphatic carbocycles. The average Bonchev–Trinajstić information content (AvgIpc) is 2.39. The molecule has 0 atom stereocenters. The zero-order valence-corrected chi connectivity index (χ0v) is 10.4. The van der Waals surface area contributed by atoms with E-state index in [4.69, 9.17) is 0 Å². The van der Waals surface area contributed by atoms with E-state index in [0.29, 0.717) is 12.1 Å². The topological polar surface area (TPSA) is 53.4 Å². The van der Waals surface area contributed by atoms with Crippen molar-refractivity contribution in [2.75, 3.05) is 7.05 Å². The first-order chi connectivity index (χ1) is 9.06. The molecule has 19 heavy (non-hydrogen) atoms. The third-order valence-electron chi connectivity index (χ3n) is 2.65. The molecular formula is C14H13FN2O2. The number of nitrogens with zero attached hydrogens (tertiary/aromatic N) is 2. The van der Waals surface area contributed by atoms with Crippen molar-refractivity contribution in [3.8, 4) is 5.75 Å². The van der Waals surface area contributed by atoms with Crippen LogP contribution in [0.5, 0.6) is 5.75 Å². The largest absolute Gasteiger partial charge is 0.508 e. The van der Waals surface area contributed by atoms with Gasteiger partial charge >= 0.3 is 0 Å². The molecule has 98 valence electrons. The molecule has 2 rings (SSSR count). The average molecular weight is 260 g/mol. The van der Waals surface area contributed by atoms with E-state index in [2.05, 4.69) is 4.98 Å². The molecule has 0 aliphatic heterocycles. The lowest BCUT2D eigenvalue weighted by atomic mass is 10.2. The van der Waals surface area contributed by atoms with E-state index >= 15 is 0 Å². The van der Waals surface area contributed by atoms with E-state index in [1.54, 1.807) is 25.2 Å². The molecule has 1 N–H and O–H groups in total. The first-order valence-corrected chi connectivity index (χ1v) is 5.71. The van der Waals surface area contributed by atoms with Crippen LogP contribution < -0.4 is 0 Å². The SMILES string of the molecule is CN(Cc1cccc(O)c1)C(=O)c1ccc(F)nc1. The van der Waals surface area contributed by atoms with Crippen LogP contribution in [0, 0.1) is 5.95 Å². The van der Waals surface area contributed by atoms with Crippen molar-refractivity contribution in [3.05, 3.63) is 59.7 Å². The predicted molar refractivity (Wildman–Crippen MR) is 68.1 cm³/mol. The van der Waals surface area contributed by atoms with Gasteiger partial charge in [0.25, 0.3) is 5.91 Å². The molecule has 0 unspecified atom stereocenters. The number of carbonyl (C=O) groups excluding carboxylic acids is 1. The Bertz CT molecular complexity index is 584. The van der Waals surface area contributed by atoms with Gasteiger partial charge in [0.1, 0.15) is 5.75 Å². The first-order valence-electron chi connectivity index (χ1n) is 5.71. The highest BCUT2D eigenvalue weighted by Gasteiger charge is 2.12. The Labute approximate surface area is 110 Å². The van der Waals surface area contributed by atoms with Crippen molar-refractivity contribution in [3.63, 3.8) is 0 Å². The zero-order valence-electron chi connectivity index (χ0n) is 10.4. The standard InChI is InChI=1S/C14H13FN2O2/c1-17(9-10-3-2-4-12(18)7-10)14(19)11-5-6-13(15)16-8-11/h2-8,18H,9H2,1H3. The summed E-state index contributed by atoms with van der Waals surface area (Å²) in [5, 5.41) is 9.36. The summed E-state index contributed by atoms with van der Waals surface area (Å²) in [7, 11) is 1.63. The van der Waals surface area contributed by atoms with Crippen molar-refractivity contribution >= 4 is 5.91 Å². The molecule has 1 heterocycles. The van der Waals surface area contributed by atoms with E-state index in [1.807, 2.05) is 6.07 Å². The Balaban J connectivity index is 2.09. The minimum atomic E-state index is -0.618. The second-order valence-electron chi connectivity index (χ2n) is 4.20. The minimum Gasteiger partial charge on any atom is -0.508 e. The number of phenolic OH excluding ortho intramolecular Hbond substituents is 1. The van der Waals surface area contributed by atoms with Crippen LogP contribution in [0.4, 0.5) is 4.39 Å². The molecule has 0 aliphatic rings. The van der Waals surface area contributed by atoms with Crippen molar-refractivity contribution in [2.24, 2.45) is 0 Å². The van der Waals surface area contributed by atoms with Crippen LogP contribution in [0.2, 0.25) is 0 Å². The van der Waals surface area contributed by atoms with Crippen LogP contribution >= 0.6 is 0 Å². The van der Waals surface area contributed by atoms with Gasteiger partial charge in [-0.2, -0.15) is 4.39 Å². The number of phenols is 1. The van der Waals surface area contributed by atoms with E-state index in [0.717, 1.165) is 11.6 Å². The van der Waals surface area contributed by atoms with Crippen molar-refractivity contribution in [2.45, 2.75) is 6.54 Å². The second kappa shape index (κ2) is 5.48. The highest BCUT2D eigenvalue weighted by molar-refractivity contribution is 5.93. The first kappa shape index (κ1) is 13.0. The summed E-state index contributed by atoms with van der Waals surface area (Å²) < 4.78 is 12.7. The van der Waals surface area contributed by atoms with Crippen LogP contribution in [0.15, 0.2) is 42.6 Å². The summed E-state index contributed by atoms with van der Waals surface area (Å²) in [4.78, 5) is 17.0. The van der Waals surface area contributed by atoms with Gasteiger partial charge in [0.2, 0.25) is 5.95 Å². The lowest BCUT2D eigenvalue weighted by Crippen LogP contribution is -2.26. The van der Waals surface area contributed by atoms with Crippen LogP contribution in [0.25, 0.3) is 0 Å². The molecule has 0 saturated heterocycles. The Morgan fingerprint density at radius 1 is 1.37 bits per heavy atom. The zero-order chi connectivity index (χ0) is 13.8. The lowest BCUT2D eigenvalue weighted by molar-refractivity contribution is 0.0784. The maximum absolute atomic E-state index is 12.7. The Morgan fingerprint density at radius 3 is 2.79 bits per heavy atom. The van der Waals surface area contributed by atoms with E-state index in [9.17, 15) is 14.3 Å². The molecule has 0 fully saturated rings. The molecule has 1 aromatic carbocycles. The third kappa shape index (κ3) is 3.28. The molecule has 0 saturated carbocycles.